The van der Waals surface area contributed by atoms with E-state index in [1.807, 2.05) is 4.90 Å². The van der Waals surface area contributed by atoms with Gasteiger partial charge >= 0.3 is 6.09 Å². The Kier molecular flexibility index (Phi) is 2.91. The molecule has 4 heteroatoms. The summed E-state index contributed by atoms with van der Waals surface area (Å²) in [6.07, 6.45) is 5.52. The molecule has 4 nitrogen and oxygen atoms in total. The molecule has 2 aliphatic rings. The van der Waals surface area contributed by atoms with E-state index in [1.54, 1.807) is 0 Å². The van der Waals surface area contributed by atoms with Crippen LogP contribution in [0.1, 0.15) is 32.1 Å². The first-order valence-electron chi connectivity index (χ1n) is 5.48. The summed E-state index contributed by atoms with van der Waals surface area (Å²) in [4.78, 5) is 13.2. The summed E-state index contributed by atoms with van der Waals surface area (Å²) in [5, 5.41) is 0. The number of amides is 1. The van der Waals surface area contributed by atoms with Gasteiger partial charge in [0.1, 0.15) is 6.61 Å². The third-order valence-electron chi connectivity index (χ3n) is 3.22. The maximum atomic E-state index is 11.4. The average Bonchev–Trinajstić information content (AvgIpc) is 2.46. The minimum atomic E-state index is -0.174. The molecule has 2 N–H and O–H groups in total. The van der Waals surface area contributed by atoms with Crippen LogP contribution in [0.3, 0.4) is 0 Å². The number of nitrogens with two attached hydrogens (primary N) is 1. The normalized spacial score (nSPS) is 34.1. The maximum Gasteiger partial charge on any atom is 0.410 e. The molecule has 0 radical (unpaired) electrons. The molecule has 2 fully saturated rings. The summed E-state index contributed by atoms with van der Waals surface area (Å²) in [6.45, 7) is 1.25. The molecule has 1 saturated heterocycles. The van der Waals surface area contributed by atoms with Gasteiger partial charge in [-0.2, -0.15) is 0 Å². The molecule has 1 saturated carbocycles. The van der Waals surface area contributed by atoms with Crippen LogP contribution in [0.2, 0.25) is 0 Å². The Morgan fingerprint density at radius 3 is 2.79 bits per heavy atom. The molecular weight excluding hydrogens is 180 g/mol. The van der Waals surface area contributed by atoms with Crippen molar-refractivity contribution in [1.29, 1.82) is 0 Å². The van der Waals surface area contributed by atoms with E-state index in [4.69, 9.17) is 10.5 Å². The lowest BCUT2D eigenvalue weighted by Crippen LogP contribution is -2.47. The Hall–Kier alpha value is -0.770. The minimum absolute atomic E-state index is 0.142. The van der Waals surface area contributed by atoms with Gasteiger partial charge in [-0.25, -0.2) is 4.79 Å². The lowest BCUT2D eigenvalue weighted by molar-refractivity contribution is 0.140. The van der Waals surface area contributed by atoms with E-state index in [0.717, 1.165) is 19.4 Å². The van der Waals surface area contributed by atoms with Gasteiger partial charge in [-0.15, -0.1) is 0 Å². The Balaban J connectivity index is 2.02. The van der Waals surface area contributed by atoms with Crippen LogP contribution in [-0.2, 0) is 4.74 Å². The largest absolute Gasteiger partial charge is 0.448 e. The van der Waals surface area contributed by atoms with Crippen LogP contribution in [0.15, 0.2) is 0 Å². The molecule has 14 heavy (non-hydrogen) atoms. The zero-order valence-corrected chi connectivity index (χ0v) is 8.45. The topological polar surface area (TPSA) is 55.6 Å². The van der Waals surface area contributed by atoms with Crippen molar-refractivity contribution in [2.24, 2.45) is 5.73 Å². The molecule has 1 aliphatic carbocycles. The zero-order chi connectivity index (χ0) is 9.97. The summed E-state index contributed by atoms with van der Waals surface area (Å²) in [5.41, 5.74) is 6.07. The number of hydrogen-bond acceptors (Lipinski definition) is 3. The summed E-state index contributed by atoms with van der Waals surface area (Å²) in [6, 6.07) is 0.357. The van der Waals surface area contributed by atoms with Crippen LogP contribution in [0, 0.1) is 0 Å². The van der Waals surface area contributed by atoms with Gasteiger partial charge in [-0.3, -0.25) is 0 Å². The SMILES string of the molecule is NC1CCCCCC1N1CCOC1=O. The van der Waals surface area contributed by atoms with E-state index in [9.17, 15) is 4.79 Å². The molecule has 1 aliphatic heterocycles. The summed E-state index contributed by atoms with van der Waals surface area (Å²) < 4.78 is 4.94. The van der Waals surface area contributed by atoms with E-state index < -0.39 is 0 Å². The molecule has 1 amide bonds. The molecule has 0 aromatic carbocycles. The lowest BCUT2D eigenvalue weighted by Gasteiger charge is -2.29. The Labute approximate surface area is 84.4 Å². The first-order chi connectivity index (χ1) is 6.79. The number of cyclic esters (lactones) is 1. The van der Waals surface area contributed by atoms with Crippen molar-refractivity contribution in [3.63, 3.8) is 0 Å². The smallest absolute Gasteiger partial charge is 0.410 e. The second-order valence-electron chi connectivity index (χ2n) is 4.18. The molecule has 2 rings (SSSR count). The molecule has 80 valence electrons. The van der Waals surface area contributed by atoms with Crippen LogP contribution >= 0.6 is 0 Å². The molecule has 2 unspecified atom stereocenters. The van der Waals surface area contributed by atoms with Crippen LogP contribution in [-0.4, -0.2) is 36.2 Å². The zero-order valence-electron chi connectivity index (χ0n) is 8.45. The fraction of sp³-hybridized carbons (Fsp3) is 0.900. The van der Waals surface area contributed by atoms with E-state index in [1.165, 1.54) is 19.3 Å². The Morgan fingerprint density at radius 2 is 2.07 bits per heavy atom. The highest BCUT2D eigenvalue weighted by Crippen LogP contribution is 2.23. The molecular formula is C10H18N2O2. The van der Waals surface area contributed by atoms with Crippen molar-refractivity contribution in [3.05, 3.63) is 0 Å². The number of carbonyl (C=O) groups is 1. The van der Waals surface area contributed by atoms with Crippen molar-refractivity contribution in [2.75, 3.05) is 13.2 Å². The van der Waals surface area contributed by atoms with E-state index in [0.29, 0.717) is 6.61 Å². The van der Waals surface area contributed by atoms with Gasteiger partial charge in [0, 0.05) is 6.04 Å². The lowest BCUT2D eigenvalue weighted by atomic mass is 10.0. The van der Waals surface area contributed by atoms with Gasteiger partial charge in [0.2, 0.25) is 0 Å². The fourth-order valence-corrected chi connectivity index (χ4v) is 2.41. The van der Waals surface area contributed by atoms with E-state index >= 15 is 0 Å². The van der Waals surface area contributed by atoms with Crippen LogP contribution in [0.25, 0.3) is 0 Å². The van der Waals surface area contributed by atoms with Crippen molar-refractivity contribution in [1.82, 2.24) is 4.90 Å². The summed E-state index contributed by atoms with van der Waals surface area (Å²) >= 11 is 0. The Bertz CT molecular complexity index is 220. The molecule has 2 atom stereocenters. The average molecular weight is 198 g/mol. The number of rotatable bonds is 1. The molecule has 0 spiro atoms. The first kappa shape index (κ1) is 9.77. The predicted octanol–water partition coefficient (Wildman–Crippen LogP) is 1.10. The summed E-state index contributed by atoms with van der Waals surface area (Å²) in [7, 11) is 0. The van der Waals surface area contributed by atoms with Crippen LogP contribution in [0.4, 0.5) is 4.79 Å². The first-order valence-corrected chi connectivity index (χ1v) is 5.48. The number of nitrogens with zero attached hydrogens (tertiary/aromatic N) is 1. The number of carbonyl (C=O) groups excluding carboxylic acids is 1. The highest BCUT2D eigenvalue weighted by atomic mass is 16.6. The van der Waals surface area contributed by atoms with Gasteiger partial charge in [-0.1, -0.05) is 19.3 Å². The second-order valence-corrected chi connectivity index (χ2v) is 4.18. The van der Waals surface area contributed by atoms with E-state index in [-0.39, 0.29) is 18.2 Å². The van der Waals surface area contributed by atoms with Crippen molar-refractivity contribution in [2.45, 2.75) is 44.2 Å². The monoisotopic (exact) mass is 198 g/mol. The maximum absolute atomic E-state index is 11.4. The third-order valence-corrected chi connectivity index (χ3v) is 3.22. The van der Waals surface area contributed by atoms with Gasteiger partial charge in [0.05, 0.1) is 12.6 Å². The van der Waals surface area contributed by atoms with Gasteiger partial charge in [-0.05, 0) is 12.8 Å². The molecule has 1 heterocycles. The molecule has 0 aromatic heterocycles. The Morgan fingerprint density at radius 1 is 1.29 bits per heavy atom. The van der Waals surface area contributed by atoms with Crippen LogP contribution in [0.5, 0.6) is 0 Å². The highest BCUT2D eigenvalue weighted by molar-refractivity contribution is 5.69. The van der Waals surface area contributed by atoms with Gasteiger partial charge in [0.15, 0.2) is 0 Å². The fourth-order valence-electron chi connectivity index (χ4n) is 2.41. The number of ether oxygens (including phenoxy) is 1. The second kappa shape index (κ2) is 4.17. The third kappa shape index (κ3) is 1.85. The predicted molar refractivity (Wildman–Crippen MR) is 52.9 cm³/mol. The van der Waals surface area contributed by atoms with Crippen molar-refractivity contribution in [3.8, 4) is 0 Å². The van der Waals surface area contributed by atoms with Gasteiger partial charge in [0.25, 0.3) is 0 Å². The van der Waals surface area contributed by atoms with Gasteiger partial charge < -0.3 is 15.4 Å². The standard InChI is InChI=1S/C10H18N2O2/c11-8-4-2-1-3-5-9(8)12-6-7-14-10(12)13/h8-9H,1-7,11H2. The van der Waals surface area contributed by atoms with Crippen LogP contribution < -0.4 is 5.73 Å². The minimum Gasteiger partial charge on any atom is -0.448 e. The van der Waals surface area contributed by atoms with Crippen molar-refractivity contribution >= 4 is 6.09 Å². The van der Waals surface area contributed by atoms with E-state index in [2.05, 4.69) is 0 Å². The quantitative estimate of drug-likeness (QED) is 0.642. The van der Waals surface area contributed by atoms with Crippen molar-refractivity contribution < 1.29 is 9.53 Å². The molecule has 0 aromatic rings. The highest BCUT2D eigenvalue weighted by Gasteiger charge is 2.33. The number of hydrogen-bond donors (Lipinski definition) is 1. The molecule has 0 bridgehead atoms. The summed E-state index contributed by atoms with van der Waals surface area (Å²) in [5.74, 6) is 0.